The SMILES string of the molecule is Cc1ccc(-c2ccc(OC3CCNC3)cc2)c(F)c1. The second kappa shape index (κ2) is 5.63. The van der Waals surface area contributed by atoms with Gasteiger partial charge < -0.3 is 10.1 Å². The Morgan fingerprint density at radius 3 is 2.60 bits per heavy atom. The van der Waals surface area contributed by atoms with Crippen molar-refractivity contribution in [2.24, 2.45) is 0 Å². The summed E-state index contributed by atoms with van der Waals surface area (Å²) in [6, 6.07) is 12.9. The molecule has 2 nitrogen and oxygen atoms in total. The minimum absolute atomic E-state index is 0.182. The summed E-state index contributed by atoms with van der Waals surface area (Å²) >= 11 is 0. The molecule has 2 aromatic carbocycles. The summed E-state index contributed by atoms with van der Waals surface area (Å²) < 4.78 is 19.8. The van der Waals surface area contributed by atoms with Gasteiger partial charge in [-0.25, -0.2) is 4.39 Å². The van der Waals surface area contributed by atoms with Crippen LogP contribution in [0.4, 0.5) is 4.39 Å². The van der Waals surface area contributed by atoms with Crippen molar-refractivity contribution >= 4 is 0 Å². The molecule has 1 N–H and O–H groups in total. The third-order valence-electron chi connectivity index (χ3n) is 3.61. The van der Waals surface area contributed by atoms with E-state index in [2.05, 4.69) is 5.32 Å². The van der Waals surface area contributed by atoms with Crippen molar-refractivity contribution in [3.8, 4) is 16.9 Å². The number of aryl methyl sites for hydroxylation is 1. The van der Waals surface area contributed by atoms with E-state index in [1.165, 1.54) is 0 Å². The molecule has 0 aliphatic carbocycles. The first-order chi connectivity index (χ1) is 9.72. The molecule has 0 saturated carbocycles. The van der Waals surface area contributed by atoms with E-state index in [-0.39, 0.29) is 11.9 Å². The largest absolute Gasteiger partial charge is 0.489 e. The van der Waals surface area contributed by atoms with Crippen LogP contribution in [0.5, 0.6) is 5.75 Å². The van der Waals surface area contributed by atoms with Crippen LogP contribution in [-0.2, 0) is 0 Å². The molecule has 0 aromatic heterocycles. The Morgan fingerprint density at radius 2 is 1.95 bits per heavy atom. The smallest absolute Gasteiger partial charge is 0.131 e. The Morgan fingerprint density at radius 1 is 1.15 bits per heavy atom. The number of halogens is 1. The zero-order chi connectivity index (χ0) is 13.9. The Kier molecular flexibility index (Phi) is 3.70. The minimum atomic E-state index is -0.182. The highest BCUT2D eigenvalue weighted by Gasteiger charge is 2.15. The number of rotatable bonds is 3. The highest BCUT2D eigenvalue weighted by molar-refractivity contribution is 5.65. The minimum Gasteiger partial charge on any atom is -0.489 e. The van der Waals surface area contributed by atoms with Gasteiger partial charge >= 0.3 is 0 Å². The standard InChI is InChI=1S/C17H18FNO/c1-12-2-7-16(17(18)10-12)13-3-5-14(6-4-13)20-15-8-9-19-11-15/h2-7,10,15,19H,8-9,11H2,1H3. The third kappa shape index (κ3) is 2.83. The lowest BCUT2D eigenvalue weighted by Crippen LogP contribution is -2.19. The van der Waals surface area contributed by atoms with Crippen molar-refractivity contribution in [1.29, 1.82) is 0 Å². The Balaban J connectivity index is 1.78. The van der Waals surface area contributed by atoms with Gasteiger partial charge in [-0.2, -0.15) is 0 Å². The Labute approximate surface area is 118 Å². The van der Waals surface area contributed by atoms with Crippen LogP contribution in [0, 0.1) is 12.7 Å². The van der Waals surface area contributed by atoms with Gasteiger partial charge in [-0.3, -0.25) is 0 Å². The normalized spacial score (nSPS) is 18.2. The van der Waals surface area contributed by atoms with Crippen LogP contribution in [0.3, 0.4) is 0 Å². The first kappa shape index (κ1) is 13.1. The molecule has 1 aliphatic heterocycles. The fourth-order valence-corrected chi connectivity index (χ4v) is 2.49. The summed E-state index contributed by atoms with van der Waals surface area (Å²) in [5.74, 6) is 0.661. The molecule has 1 fully saturated rings. The van der Waals surface area contributed by atoms with Gasteiger partial charge in [-0.1, -0.05) is 24.3 Å². The Bertz CT molecular complexity index is 588. The van der Waals surface area contributed by atoms with Crippen LogP contribution in [0.25, 0.3) is 11.1 Å². The second-order valence-electron chi connectivity index (χ2n) is 5.24. The lowest BCUT2D eigenvalue weighted by atomic mass is 10.0. The summed E-state index contributed by atoms with van der Waals surface area (Å²) in [7, 11) is 0. The van der Waals surface area contributed by atoms with E-state index in [1.807, 2.05) is 43.3 Å². The third-order valence-corrected chi connectivity index (χ3v) is 3.61. The van der Waals surface area contributed by atoms with E-state index in [0.29, 0.717) is 5.56 Å². The van der Waals surface area contributed by atoms with Crippen LogP contribution < -0.4 is 10.1 Å². The molecule has 2 aromatic rings. The molecule has 0 bridgehead atoms. The molecule has 20 heavy (non-hydrogen) atoms. The van der Waals surface area contributed by atoms with Crippen LogP contribution in [0.2, 0.25) is 0 Å². The van der Waals surface area contributed by atoms with Gasteiger partial charge in [-0.15, -0.1) is 0 Å². The quantitative estimate of drug-likeness (QED) is 0.922. The van der Waals surface area contributed by atoms with E-state index in [1.54, 1.807) is 6.07 Å². The molecule has 3 rings (SSSR count). The van der Waals surface area contributed by atoms with Gasteiger partial charge in [0.05, 0.1) is 0 Å². The average molecular weight is 271 g/mol. The van der Waals surface area contributed by atoms with Crippen molar-refractivity contribution in [2.75, 3.05) is 13.1 Å². The van der Waals surface area contributed by atoms with Crippen LogP contribution in [0.15, 0.2) is 42.5 Å². The van der Waals surface area contributed by atoms with Gasteiger partial charge in [0.25, 0.3) is 0 Å². The molecule has 1 atom stereocenters. The maximum Gasteiger partial charge on any atom is 0.131 e. The highest BCUT2D eigenvalue weighted by atomic mass is 19.1. The lowest BCUT2D eigenvalue weighted by Gasteiger charge is -2.13. The average Bonchev–Trinajstić information content (AvgIpc) is 2.93. The van der Waals surface area contributed by atoms with Crippen molar-refractivity contribution in [2.45, 2.75) is 19.4 Å². The van der Waals surface area contributed by atoms with Crippen LogP contribution in [-0.4, -0.2) is 19.2 Å². The number of benzene rings is 2. The molecule has 1 aliphatic rings. The van der Waals surface area contributed by atoms with Gasteiger partial charge in [0, 0.05) is 12.1 Å². The molecular weight excluding hydrogens is 253 g/mol. The second-order valence-corrected chi connectivity index (χ2v) is 5.24. The first-order valence-corrected chi connectivity index (χ1v) is 6.96. The molecule has 1 saturated heterocycles. The molecule has 1 heterocycles. The predicted molar refractivity (Wildman–Crippen MR) is 78.5 cm³/mol. The molecule has 1 unspecified atom stereocenters. The topological polar surface area (TPSA) is 21.3 Å². The van der Waals surface area contributed by atoms with Crippen molar-refractivity contribution in [3.63, 3.8) is 0 Å². The molecule has 3 heteroatoms. The highest BCUT2D eigenvalue weighted by Crippen LogP contribution is 2.26. The van der Waals surface area contributed by atoms with E-state index in [0.717, 1.165) is 36.4 Å². The lowest BCUT2D eigenvalue weighted by molar-refractivity contribution is 0.223. The number of hydrogen-bond acceptors (Lipinski definition) is 2. The summed E-state index contributed by atoms with van der Waals surface area (Å²) in [6.07, 6.45) is 1.28. The van der Waals surface area contributed by atoms with Gasteiger partial charge in [0.15, 0.2) is 0 Å². The summed E-state index contributed by atoms with van der Waals surface area (Å²) in [5.41, 5.74) is 2.43. The molecule has 0 radical (unpaired) electrons. The summed E-state index contributed by atoms with van der Waals surface area (Å²) in [5, 5.41) is 3.27. The fraction of sp³-hybridized carbons (Fsp3) is 0.294. The monoisotopic (exact) mass is 271 g/mol. The zero-order valence-electron chi connectivity index (χ0n) is 11.5. The van der Waals surface area contributed by atoms with Crippen molar-refractivity contribution < 1.29 is 9.13 Å². The summed E-state index contributed by atoms with van der Waals surface area (Å²) in [4.78, 5) is 0. The summed E-state index contributed by atoms with van der Waals surface area (Å²) in [6.45, 7) is 3.80. The maximum atomic E-state index is 13.9. The molecule has 0 spiro atoms. The van der Waals surface area contributed by atoms with E-state index in [9.17, 15) is 4.39 Å². The van der Waals surface area contributed by atoms with Crippen LogP contribution in [0.1, 0.15) is 12.0 Å². The van der Waals surface area contributed by atoms with Crippen molar-refractivity contribution in [1.82, 2.24) is 5.32 Å². The van der Waals surface area contributed by atoms with Gasteiger partial charge in [0.2, 0.25) is 0 Å². The molecular formula is C17H18FNO. The zero-order valence-corrected chi connectivity index (χ0v) is 11.5. The molecule has 104 valence electrons. The predicted octanol–water partition coefficient (Wildman–Crippen LogP) is 3.54. The fourth-order valence-electron chi connectivity index (χ4n) is 2.49. The van der Waals surface area contributed by atoms with E-state index >= 15 is 0 Å². The van der Waals surface area contributed by atoms with Gasteiger partial charge in [-0.05, 0) is 49.2 Å². The van der Waals surface area contributed by atoms with Gasteiger partial charge in [0.1, 0.15) is 17.7 Å². The van der Waals surface area contributed by atoms with Crippen LogP contribution >= 0.6 is 0 Å². The van der Waals surface area contributed by atoms with E-state index in [4.69, 9.17) is 4.74 Å². The number of ether oxygens (including phenoxy) is 1. The number of hydrogen-bond donors (Lipinski definition) is 1. The maximum absolute atomic E-state index is 13.9. The Hall–Kier alpha value is -1.87. The number of nitrogens with one attached hydrogen (secondary N) is 1. The molecule has 0 amide bonds. The first-order valence-electron chi connectivity index (χ1n) is 6.96. The van der Waals surface area contributed by atoms with E-state index < -0.39 is 0 Å². The van der Waals surface area contributed by atoms with Crippen molar-refractivity contribution in [3.05, 3.63) is 53.8 Å².